The first-order valence-electron chi connectivity index (χ1n) is 4.08. The molecule has 0 aromatic heterocycles. The highest BCUT2D eigenvalue weighted by Gasteiger charge is 2.10. The SMILES string of the molecule is CC(C)NC1=C(N)SCCC1. The monoisotopic (exact) mass is 172 g/mol. The molecule has 0 spiro atoms. The summed E-state index contributed by atoms with van der Waals surface area (Å²) in [5, 5.41) is 4.36. The Hall–Kier alpha value is -0.310. The predicted octanol–water partition coefficient (Wildman–Crippen LogP) is 1.64. The van der Waals surface area contributed by atoms with Crippen LogP contribution in [-0.4, -0.2) is 11.8 Å². The fourth-order valence-electron chi connectivity index (χ4n) is 1.13. The summed E-state index contributed by atoms with van der Waals surface area (Å²) in [5.41, 5.74) is 7.05. The van der Waals surface area contributed by atoms with Crippen LogP contribution in [0.5, 0.6) is 0 Å². The largest absolute Gasteiger partial charge is 0.392 e. The Balaban J connectivity index is 2.52. The second kappa shape index (κ2) is 3.90. The molecule has 0 radical (unpaired) electrons. The third-order valence-corrected chi connectivity index (χ3v) is 2.64. The van der Waals surface area contributed by atoms with Crippen molar-refractivity contribution in [3.05, 3.63) is 10.7 Å². The van der Waals surface area contributed by atoms with Gasteiger partial charge in [-0.3, -0.25) is 0 Å². The van der Waals surface area contributed by atoms with Gasteiger partial charge in [0.15, 0.2) is 0 Å². The van der Waals surface area contributed by atoms with Crippen molar-refractivity contribution in [3.63, 3.8) is 0 Å². The second-order valence-electron chi connectivity index (χ2n) is 3.09. The smallest absolute Gasteiger partial charge is 0.0848 e. The minimum Gasteiger partial charge on any atom is -0.392 e. The van der Waals surface area contributed by atoms with Crippen molar-refractivity contribution < 1.29 is 0 Å². The lowest BCUT2D eigenvalue weighted by molar-refractivity contribution is 0.631. The molecule has 3 N–H and O–H groups in total. The summed E-state index contributed by atoms with van der Waals surface area (Å²) >= 11 is 1.76. The number of nitrogens with two attached hydrogens (primary N) is 1. The van der Waals surface area contributed by atoms with Crippen molar-refractivity contribution in [2.24, 2.45) is 5.73 Å². The van der Waals surface area contributed by atoms with Crippen molar-refractivity contribution in [1.29, 1.82) is 0 Å². The van der Waals surface area contributed by atoms with E-state index in [0.717, 1.165) is 11.4 Å². The van der Waals surface area contributed by atoms with Crippen LogP contribution in [0, 0.1) is 0 Å². The summed E-state index contributed by atoms with van der Waals surface area (Å²) in [7, 11) is 0. The van der Waals surface area contributed by atoms with Gasteiger partial charge in [0.25, 0.3) is 0 Å². The predicted molar refractivity (Wildman–Crippen MR) is 51.2 cm³/mol. The van der Waals surface area contributed by atoms with E-state index in [2.05, 4.69) is 19.2 Å². The van der Waals surface area contributed by atoms with E-state index in [0.29, 0.717) is 6.04 Å². The van der Waals surface area contributed by atoms with Gasteiger partial charge in [-0.2, -0.15) is 0 Å². The molecule has 1 heterocycles. The highest BCUT2D eigenvalue weighted by molar-refractivity contribution is 8.03. The van der Waals surface area contributed by atoms with E-state index in [4.69, 9.17) is 5.73 Å². The number of hydrogen-bond acceptors (Lipinski definition) is 3. The topological polar surface area (TPSA) is 38.0 Å². The lowest BCUT2D eigenvalue weighted by Crippen LogP contribution is -2.26. The van der Waals surface area contributed by atoms with E-state index >= 15 is 0 Å². The fourth-order valence-corrected chi connectivity index (χ4v) is 1.98. The molecule has 0 saturated carbocycles. The van der Waals surface area contributed by atoms with Crippen LogP contribution >= 0.6 is 11.8 Å². The van der Waals surface area contributed by atoms with Gasteiger partial charge in [-0.05, 0) is 32.4 Å². The van der Waals surface area contributed by atoms with Crippen LogP contribution in [0.3, 0.4) is 0 Å². The van der Waals surface area contributed by atoms with Crippen LogP contribution in [0.15, 0.2) is 10.7 Å². The molecule has 0 aromatic rings. The number of rotatable bonds is 2. The fraction of sp³-hybridized carbons (Fsp3) is 0.750. The van der Waals surface area contributed by atoms with Crippen LogP contribution in [0.1, 0.15) is 26.7 Å². The molecule has 0 amide bonds. The van der Waals surface area contributed by atoms with Crippen molar-refractivity contribution in [2.75, 3.05) is 5.75 Å². The van der Waals surface area contributed by atoms with E-state index < -0.39 is 0 Å². The first-order valence-corrected chi connectivity index (χ1v) is 5.06. The Labute approximate surface area is 72.6 Å². The standard InChI is InChI=1S/C8H16N2S/c1-6(2)10-7-4-3-5-11-8(7)9/h6,10H,3-5,9H2,1-2H3. The molecule has 2 nitrogen and oxygen atoms in total. The van der Waals surface area contributed by atoms with Gasteiger partial charge in [0.2, 0.25) is 0 Å². The zero-order chi connectivity index (χ0) is 8.27. The quantitative estimate of drug-likeness (QED) is 0.665. The molecule has 1 aliphatic heterocycles. The lowest BCUT2D eigenvalue weighted by atomic mass is 10.2. The van der Waals surface area contributed by atoms with Gasteiger partial charge in [0.1, 0.15) is 0 Å². The highest BCUT2D eigenvalue weighted by atomic mass is 32.2. The molecule has 11 heavy (non-hydrogen) atoms. The van der Waals surface area contributed by atoms with Gasteiger partial charge in [-0.25, -0.2) is 0 Å². The van der Waals surface area contributed by atoms with Gasteiger partial charge >= 0.3 is 0 Å². The molecular formula is C8H16N2S. The number of nitrogens with one attached hydrogen (secondary N) is 1. The molecule has 64 valence electrons. The van der Waals surface area contributed by atoms with Gasteiger partial charge in [-0.1, -0.05) is 0 Å². The lowest BCUT2D eigenvalue weighted by Gasteiger charge is -2.20. The molecule has 0 fully saturated rings. The van der Waals surface area contributed by atoms with Crippen LogP contribution < -0.4 is 11.1 Å². The number of thioether (sulfide) groups is 1. The molecule has 1 rings (SSSR count). The molecular weight excluding hydrogens is 156 g/mol. The minimum atomic E-state index is 0.502. The summed E-state index contributed by atoms with van der Waals surface area (Å²) in [6.07, 6.45) is 2.37. The molecule has 0 atom stereocenters. The Morgan fingerprint density at radius 2 is 2.27 bits per heavy atom. The maximum absolute atomic E-state index is 5.81. The Kier molecular flexibility index (Phi) is 3.12. The Morgan fingerprint density at radius 1 is 1.55 bits per heavy atom. The zero-order valence-corrected chi connectivity index (χ0v) is 8.00. The van der Waals surface area contributed by atoms with E-state index in [1.54, 1.807) is 11.8 Å². The van der Waals surface area contributed by atoms with E-state index in [1.165, 1.54) is 17.9 Å². The summed E-state index contributed by atoms with van der Waals surface area (Å²) < 4.78 is 0. The Bertz CT molecular complexity index is 163. The van der Waals surface area contributed by atoms with Crippen molar-refractivity contribution in [3.8, 4) is 0 Å². The van der Waals surface area contributed by atoms with Crippen molar-refractivity contribution >= 4 is 11.8 Å². The molecule has 0 unspecified atom stereocenters. The van der Waals surface area contributed by atoms with Gasteiger partial charge in [-0.15, -0.1) is 11.8 Å². The number of allylic oxidation sites excluding steroid dienone is 1. The second-order valence-corrected chi connectivity index (χ2v) is 4.23. The summed E-state index contributed by atoms with van der Waals surface area (Å²) in [4.78, 5) is 0. The van der Waals surface area contributed by atoms with Gasteiger partial charge in [0, 0.05) is 11.7 Å². The first kappa shape index (κ1) is 8.78. The van der Waals surface area contributed by atoms with E-state index in [9.17, 15) is 0 Å². The molecule has 0 aromatic carbocycles. The minimum absolute atomic E-state index is 0.502. The van der Waals surface area contributed by atoms with Gasteiger partial charge < -0.3 is 11.1 Å². The Morgan fingerprint density at radius 3 is 2.82 bits per heavy atom. The maximum Gasteiger partial charge on any atom is 0.0848 e. The zero-order valence-electron chi connectivity index (χ0n) is 7.18. The van der Waals surface area contributed by atoms with E-state index in [-0.39, 0.29) is 0 Å². The molecule has 0 bridgehead atoms. The average molecular weight is 172 g/mol. The average Bonchev–Trinajstić information content (AvgIpc) is 1.93. The normalized spacial score (nSPS) is 19.2. The summed E-state index contributed by atoms with van der Waals surface area (Å²) in [6.45, 7) is 4.28. The van der Waals surface area contributed by atoms with Crippen LogP contribution in [0.2, 0.25) is 0 Å². The summed E-state index contributed by atoms with van der Waals surface area (Å²) in [5.74, 6) is 1.18. The van der Waals surface area contributed by atoms with E-state index in [1.807, 2.05) is 0 Å². The molecule has 0 saturated heterocycles. The third kappa shape index (κ3) is 2.66. The molecule has 0 aliphatic carbocycles. The first-order chi connectivity index (χ1) is 5.20. The van der Waals surface area contributed by atoms with Gasteiger partial charge in [0.05, 0.1) is 5.03 Å². The maximum atomic E-state index is 5.81. The third-order valence-electron chi connectivity index (χ3n) is 1.59. The van der Waals surface area contributed by atoms with Crippen LogP contribution in [0.4, 0.5) is 0 Å². The molecule has 1 aliphatic rings. The summed E-state index contributed by atoms with van der Waals surface area (Å²) in [6, 6.07) is 0.502. The van der Waals surface area contributed by atoms with Crippen molar-refractivity contribution in [1.82, 2.24) is 5.32 Å². The van der Waals surface area contributed by atoms with Crippen LogP contribution in [0.25, 0.3) is 0 Å². The van der Waals surface area contributed by atoms with Crippen LogP contribution in [-0.2, 0) is 0 Å². The molecule has 3 heteroatoms. The number of hydrogen-bond donors (Lipinski definition) is 2. The highest BCUT2D eigenvalue weighted by Crippen LogP contribution is 2.24. The van der Waals surface area contributed by atoms with Crippen molar-refractivity contribution in [2.45, 2.75) is 32.7 Å².